The van der Waals surface area contributed by atoms with E-state index >= 15 is 0 Å². The van der Waals surface area contributed by atoms with Gasteiger partial charge in [-0.15, -0.1) is 0 Å². The van der Waals surface area contributed by atoms with E-state index in [1.165, 1.54) is 122 Å². The van der Waals surface area contributed by atoms with Crippen molar-refractivity contribution >= 4 is 51.4 Å². The minimum atomic E-state index is 0.121. The molecule has 256 valence electrons. The summed E-state index contributed by atoms with van der Waals surface area (Å²) in [4.78, 5) is 4.99. The summed E-state index contributed by atoms with van der Waals surface area (Å²) in [6.07, 6.45) is 13.0. The maximum Gasteiger partial charge on any atom is 0.0497 e. The Morgan fingerprint density at radius 1 is 0.472 bits per heavy atom. The van der Waals surface area contributed by atoms with Gasteiger partial charge < -0.3 is 9.80 Å². The van der Waals surface area contributed by atoms with Gasteiger partial charge in [0, 0.05) is 46.8 Å². The van der Waals surface area contributed by atoms with Crippen molar-refractivity contribution in [3.63, 3.8) is 0 Å². The zero-order valence-electron chi connectivity index (χ0n) is 30.1. The zero-order valence-corrected chi connectivity index (χ0v) is 30.1. The first-order chi connectivity index (χ1) is 26.2. The first-order valence-corrected chi connectivity index (χ1v) is 19.5. The van der Waals surface area contributed by atoms with Gasteiger partial charge in [-0.1, -0.05) is 122 Å². The number of fused-ring (bicyclic) bond motifs is 9. The molecule has 0 saturated heterocycles. The van der Waals surface area contributed by atoms with E-state index in [4.69, 9.17) is 0 Å². The van der Waals surface area contributed by atoms with Gasteiger partial charge in [-0.3, -0.25) is 0 Å². The average molecular weight is 683 g/mol. The second-order valence-electron chi connectivity index (χ2n) is 15.6. The number of anilines is 5. The van der Waals surface area contributed by atoms with E-state index < -0.39 is 0 Å². The maximum atomic E-state index is 2.56. The fourth-order valence-electron chi connectivity index (χ4n) is 10.1. The van der Waals surface area contributed by atoms with E-state index in [9.17, 15) is 0 Å². The summed E-state index contributed by atoms with van der Waals surface area (Å²) in [6.45, 7) is 1.09. The summed E-state index contributed by atoms with van der Waals surface area (Å²) < 4.78 is 0. The molecule has 0 bridgehead atoms. The van der Waals surface area contributed by atoms with Crippen LogP contribution in [0.1, 0.15) is 71.0 Å². The number of para-hydroxylation sites is 3. The molecule has 7 aromatic carbocycles. The number of aryl methyl sites for hydroxylation is 1. The first-order valence-electron chi connectivity index (χ1n) is 19.5. The number of hydrogen-bond donors (Lipinski definition) is 0. The van der Waals surface area contributed by atoms with E-state index in [-0.39, 0.29) is 5.41 Å². The van der Waals surface area contributed by atoms with Crippen molar-refractivity contribution in [2.24, 2.45) is 0 Å². The number of benzene rings is 7. The quantitative estimate of drug-likeness (QED) is 0.171. The van der Waals surface area contributed by atoms with Crippen LogP contribution in [0.15, 0.2) is 146 Å². The monoisotopic (exact) mass is 682 g/mol. The molecular weight excluding hydrogens is 641 g/mol. The van der Waals surface area contributed by atoms with Gasteiger partial charge in [-0.05, 0) is 135 Å². The first kappa shape index (κ1) is 30.7. The summed E-state index contributed by atoms with van der Waals surface area (Å²) in [5.41, 5.74) is 19.3. The van der Waals surface area contributed by atoms with Crippen LogP contribution >= 0.6 is 0 Å². The minimum absolute atomic E-state index is 0.121. The predicted molar refractivity (Wildman–Crippen MR) is 223 cm³/mol. The average Bonchev–Trinajstić information content (AvgIpc) is 3.82. The molecule has 2 nitrogen and oxygen atoms in total. The van der Waals surface area contributed by atoms with Crippen LogP contribution < -0.4 is 9.80 Å². The SMILES string of the molecule is C(=C\c1ccc2cc(N3c4ccccc4Cc4ccccc43)ccc2c1)/c1ccc2c(c1)C1(CCCC1)c1cc(N3CCCc4ccccc43)ccc1-2. The summed E-state index contributed by atoms with van der Waals surface area (Å²) in [7, 11) is 0. The molecule has 2 heteroatoms. The highest BCUT2D eigenvalue weighted by Crippen LogP contribution is 2.58. The Morgan fingerprint density at radius 2 is 1.06 bits per heavy atom. The van der Waals surface area contributed by atoms with Crippen molar-refractivity contribution in [2.45, 2.75) is 50.4 Å². The van der Waals surface area contributed by atoms with Gasteiger partial charge in [0.2, 0.25) is 0 Å². The van der Waals surface area contributed by atoms with Crippen LogP contribution in [-0.2, 0) is 18.3 Å². The smallest absolute Gasteiger partial charge is 0.0497 e. The Balaban J connectivity index is 0.899. The van der Waals surface area contributed by atoms with Gasteiger partial charge in [0.15, 0.2) is 0 Å². The lowest BCUT2D eigenvalue weighted by molar-refractivity contribution is 0.549. The highest BCUT2D eigenvalue weighted by Gasteiger charge is 2.45. The molecule has 0 radical (unpaired) electrons. The van der Waals surface area contributed by atoms with Crippen LogP contribution in [0.2, 0.25) is 0 Å². The molecule has 0 atom stereocenters. The molecule has 53 heavy (non-hydrogen) atoms. The third-order valence-electron chi connectivity index (χ3n) is 12.7. The van der Waals surface area contributed by atoms with Crippen LogP contribution in [0.3, 0.4) is 0 Å². The summed E-state index contributed by atoms with van der Waals surface area (Å²) >= 11 is 0. The fraction of sp³-hybridized carbons (Fsp3) is 0.176. The zero-order chi connectivity index (χ0) is 34.9. The Bertz CT molecular complexity index is 2560. The van der Waals surface area contributed by atoms with Gasteiger partial charge in [0.25, 0.3) is 0 Å². The highest BCUT2D eigenvalue weighted by atomic mass is 15.2. The molecule has 1 saturated carbocycles. The van der Waals surface area contributed by atoms with Gasteiger partial charge in [-0.2, -0.15) is 0 Å². The second kappa shape index (κ2) is 12.1. The van der Waals surface area contributed by atoms with E-state index in [0.717, 1.165) is 13.0 Å². The third kappa shape index (κ3) is 4.92. The predicted octanol–water partition coefficient (Wildman–Crippen LogP) is 13.3. The lowest BCUT2D eigenvalue weighted by Gasteiger charge is -2.33. The molecule has 0 amide bonds. The number of nitrogens with zero attached hydrogens (tertiary/aromatic N) is 2. The normalized spacial score (nSPS) is 16.5. The Kier molecular flexibility index (Phi) is 7.02. The second-order valence-corrected chi connectivity index (χ2v) is 15.6. The molecule has 1 fully saturated rings. The molecule has 2 aliphatic heterocycles. The molecule has 2 heterocycles. The molecule has 1 spiro atoms. The Morgan fingerprint density at radius 3 is 1.83 bits per heavy atom. The van der Waals surface area contributed by atoms with Gasteiger partial charge in [0.05, 0.1) is 0 Å². The summed E-state index contributed by atoms with van der Waals surface area (Å²) in [5.74, 6) is 0. The van der Waals surface area contributed by atoms with Crippen LogP contribution in [-0.4, -0.2) is 6.54 Å². The Labute approximate surface area is 312 Å². The molecule has 2 aliphatic carbocycles. The summed E-state index contributed by atoms with van der Waals surface area (Å²) in [5, 5.41) is 2.52. The standard InChI is InChI=1S/C51H42N2/c1-4-14-48-37(10-1)13-9-29-52(48)42-24-26-45-44-25-20-36(31-46(44)51(47(45)34-42)27-7-8-28-51)18-17-35-19-21-39-33-43(23-22-38(39)30-35)53-49-15-5-2-11-40(49)32-41-12-3-6-16-50(41)53/h1-6,10-12,14-26,30-31,33-34H,7-9,13,27-29,32H2/b18-17+. The Hall–Kier alpha value is -5.86. The molecule has 4 aliphatic rings. The van der Waals surface area contributed by atoms with Crippen molar-refractivity contribution < 1.29 is 0 Å². The lowest BCUT2D eigenvalue weighted by Crippen LogP contribution is -2.25. The number of rotatable bonds is 4. The van der Waals surface area contributed by atoms with E-state index in [2.05, 4.69) is 168 Å². The third-order valence-corrected chi connectivity index (χ3v) is 12.7. The fourth-order valence-corrected chi connectivity index (χ4v) is 10.1. The molecule has 0 N–H and O–H groups in total. The number of hydrogen-bond acceptors (Lipinski definition) is 2. The van der Waals surface area contributed by atoms with Crippen molar-refractivity contribution in [1.29, 1.82) is 0 Å². The highest BCUT2D eigenvalue weighted by molar-refractivity contribution is 5.93. The van der Waals surface area contributed by atoms with Crippen LogP contribution in [0, 0.1) is 0 Å². The minimum Gasteiger partial charge on any atom is -0.341 e. The van der Waals surface area contributed by atoms with E-state index in [1.54, 1.807) is 5.56 Å². The topological polar surface area (TPSA) is 6.48 Å². The van der Waals surface area contributed by atoms with Crippen molar-refractivity contribution in [3.8, 4) is 11.1 Å². The van der Waals surface area contributed by atoms with Crippen LogP contribution in [0.25, 0.3) is 34.1 Å². The van der Waals surface area contributed by atoms with Gasteiger partial charge in [-0.25, -0.2) is 0 Å². The molecule has 0 aromatic heterocycles. The van der Waals surface area contributed by atoms with E-state index in [1.807, 2.05) is 0 Å². The van der Waals surface area contributed by atoms with Crippen LogP contribution in [0.4, 0.5) is 28.4 Å². The van der Waals surface area contributed by atoms with Gasteiger partial charge >= 0.3 is 0 Å². The maximum absolute atomic E-state index is 2.56. The molecule has 7 aromatic rings. The largest absolute Gasteiger partial charge is 0.341 e. The van der Waals surface area contributed by atoms with Crippen LogP contribution in [0.5, 0.6) is 0 Å². The molecular formula is C51H42N2. The van der Waals surface area contributed by atoms with Gasteiger partial charge in [0.1, 0.15) is 0 Å². The molecule has 11 rings (SSSR count). The van der Waals surface area contributed by atoms with E-state index in [0.29, 0.717) is 0 Å². The van der Waals surface area contributed by atoms with Crippen molar-refractivity contribution in [3.05, 3.63) is 185 Å². The van der Waals surface area contributed by atoms with Crippen molar-refractivity contribution in [1.82, 2.24) is 0 Å². The molecule has 0 unspecified atom stereocenters. The van der Waals surface area contributed by atoms with Crippen molar-refractivity contribution in [2.75, 3.05) is 16.3 Å². The lowest BCUT2D eigenvalue weighted by atomic mass is 9.76. The summed E-state index contributed by atoms with van der Waals surface area (Å²) in [6, 6.07) is 55.0.